The van der Waals surface area contributed by atoms with Crippen LogP contribution in [0.2, 0.25) is 0 Å². The molecule has 0 spiro atoms. The Balaban J connectivity index is 0. The lowest BCUT2D eigenvalue weighted by Gasteiger charge is -2.33. The first-order valence-electron chi connectivity index (χ1n) is 6.85. The second-order valence-corrected chi connectivity index (χ2v) is 4.84. The minimum atomic E-state index is 0. The largest absolute Gasteiger partial charge is 0.342 e. The Kier molecular flexibility index (Phi) is 13.2. The number of amides is 1. The molecule has 0 aromatic rings. The molecule has 0 unspecified atom stereocenters. The summed E-state index contributed by atoms with van der Waals surface area (Å²) in [5, 5.41) is 3.22. The van der Waals surface area contributed by atoms with Gasteiger partial charge in [-0.2, -0.15) is 0 Å². The van der Waals surface area contributed by atoms with Crippen molar-refractivity contribution in [2.45, 2.75) is 26.7 Å². The number of nitrogens with zero attached hydrogens (tertiary/aromatic N) is 2. The van der Waals surface area contributed by atoms with Crippen molar-refractivity contribution >= 4 is 30.7 Å². The normalized spacial score (nSPS) is 15.9. The average Bonchev–Trinajstić information content (AvgIpc) is 2.37. The SMILES string of the molecule is CCN(CC)CC(=O)N1CCC(CNC)CC1.Cl.Cl. The Bertz CT molecular complexity index is 230. The number of likely N-dealkylation sites (N-methyl/N-ethyl adjacent to an activating group) is 1. The van der Waals surface area contributed by atoms with Crippen LogP contribution >= 0.6 is 24.8 Å². The highest BCUT2D eigenvalue weighted by Gasteiger charge is 2.22. The molecule has 1 fully saturated rings. The quantitative estimate of drug-likeness (QED) is 0.809. The number of nitrogens with one attached hydrogen (secondary N) is 1. The predicted octanol–water partition coefficient (Wildman–Crippen LogP) is 1.63. The van der Waals surface area contributed by atoms with Gasteiger partial charge in [-0.05, 0) is 45.4 Å². The van der Waals surface area contributed by atoms with Gasteiger partial charge in [0.05, 0.1) is 6.54 Å². The van der Waals surface area contributed by atoms with Crippen molar-refractivity contribution in [2.24, 2.45) is 5.92 Å². The summed E-state index contributed by atoms with van der Waals surface area (Å²) in [4.78, 5) is 16.3. The topological polar surface area (TPSA) is 35.6 Å². The van der Waals surface area contributed by atoms with Crippen molar-refractivity contribution in [2.75, 3.05) is 46.3 Å². The molecule has 0 aromatic carbocycles. The molecule has 0 aliphatic carbocycles. The molecular formula is C13H29Cl2N3O. The third kappa shape index (κ3) is 7.35. The van der Waals surface area contributed by atoms with E-state index in [0.717, 1.165) is 51.5 Å². The van der Waals surface area contributed by atoms with Crippen LogP contribution in [0.4, 0.5) is 0 Å². The molecule has 0 bridgehead atoms. The molecule has 0 aromatic heterocycles. The molecule has 0 saturated carbocycles. The van der Waals surface area contributed by atoms with E-state index in [0.29, 0.717) is 12.5 Å². The Morgan fingerprint density at radius 2 is 1.74 bits per heavy atom. The van der Waals surface area contributed by atoms with E-state index in [1.165, 1.54) is 0 Å². The first kappa shape index (κ1) is 21.3. The lowest BCUT2D eigenvalue weighted by atomic mass is 9.97. The lowest BCUT2D eigenvalue weighted by molar-refractivity contribution is -0.133. The smallest absolute Gasteiger partial charge is 0.236 e. The zero-order chi connectivity index (χ0) is 12.7. The van der Waals surface area contributed by atoms with Crippen LogP contribution in [0.1, 0.15) is 26.7 Å². The molecule has 1 rings (SSSR count). The van der Waals surface area contributed by atoms with Crippen molar-refractivity contribution in [1.82, 2.24) is 15.1 Å². The summed E-state index contributed by atoms with van der Waals surface area (Å²) in [5.41, 5.74) is 0. The van der Waals surface area contributed by atoms with Crippen LogP contribution in [0.15, 0.2) is 0 Å². The molecule has 1 aliphatic heterocycles. The summed E-state index contributed by atoms with van der Waals surface area (Å²) in [7, 11) is 2.00. The highest BCUT2D eigenvalue weighted by Crippen LogP contribution is 2.16. The Morgan fingerprint density at radius 1 is 1.21 bits per heavy atom. The van der Waals surface area contributed by atoms with Crippen LogP contribution < -0.4 is 5.32 Å². The van der Waals surface area contributed by atoms with Crippen LogP contribution in [0, 0.1) is 5.92 Å². The van der Waals surface area contributed by atoms with Crippen LogP contribution in [0.25, 0.3) is 0 Å². The summed E-state index contributed by atoms with van der Waals surface area (Å²) < 4.78 is 0. The first-order valence-corrected chi connectivity index (χ1v) is 6.85. The molecule has 1 amide bonds. The molecule has 0 radical (unpaired) electrons. The number of likely N-dealkylation sites (tertiary alicyclic amines) is 1. The number of carbonyl (C=O) groups excluding carboxylic acids is 1. The van der Waals surface area contributed by atoms with Crippen molar-refractivity contribution in [3.63, 3.8) is 0 Å². The van der Waals surface area contributed by atoms with E-state index in [-0.39, 0.29) is 24.8 Å². The first-order chi connectivity index (χ1) is 8.21. The van der Waals surface area contributed by atoms with Crippen molar-refractivity contribution < 1.29 is 4.79 Å². The molecule has 116 valence electrons. The predicted molar refractivity (Wildman–Crippen MR) is 85.5 cm³/mol. The Morgan fingerprint density at radius 3 is 2.16 bits per heavy atom. The Hall–Kier alpha value is -0.0300. The van der Waals surface area contributed by atoms with Crippen molar-refractivity contribution in [3.8, 4) is 0 Å². The second kappa shape index (κ2) is 11.8. The van der Waals surface area contributed by atoms with Gasteiger partial charge in [0.25, 0.3) is 0 Å². The maximum Gasteiger partial charge on any atom is 0.236 e. The third-order valence-corrected chi connectivity index (χ3v) is 3.71. The minimum Gasteiger partial charge on any atom is -0.342 e. The fourth-order valence-electron chi connectivity index (χ4n) is 2.41. The van der Waals surface area contributed by atoms with Gasteiger partial charge in [0, 0.05) is 13.1 Å². The van der Waals surface area contributed by atoms with E-state index in [2.05, 4.69) is 24.1 Å². The lowest BCUT2D eigenvalue weighted by Crippen LogP contribution is -2.45. The van der Waals surface area contributed by atoms with E-state index in [9.17, 15) is 4.79 Å². The van der Waals surface area contributed by atoms with E-state index in [1.54, 1.807) is 0 Å². The van der Waals surface area contributed by atoms with Gasteiger partial charge in [-0.1, -0.05) is 13.8 Å². The van der Waals surface area contributed by atoms with Gasteiger partial charge in [0.15, 0.2) is 0 Å². The van der Waals surface area contributed by atoms with Gasteiger partial charge in [0.2, 0.25) is 5.91 Å². The Labute approximate surface area is 130 Å². The van der Waals surface area contributed by atoms with Gasteiger partial charge < -0.3 is 10.2 Å². The number of piperidine rings is 1. The van der Waals surface area contributed by atoms with Gasteiger partial charge in [-0.3, -0.25) is 9.69 Å². The van der Waals surface area contributed by atoms with Gasteiger partial charge in [-0.15, -0.1) is 24.8 Å². The average molecular weight is 314 g/mol. The summed E-state index contributed by atoms with van der Waals surface area (Å²) >= 11 is 0. The summed E-state index contributed by atoms with van der Waals surface area (Å²) in [5.74, 6) is 1.05. The van der Waals surface area contributed by atoms with E-state index < -0.39 is 0 Å². The molecule has 6 heteroatoms. The highest BCUT2D eigenvalue weighted by molar-refractivity contribution is 5.85. The van der Waals surface area contributed by atoms with E-state index in [4.69, 9.17) is 0 Å². The maximum absolute atomic E-state index is 12.1. The van der Waals surface area contributed by atoms with Gasteiger partial charge in [0.1, 0.15) is 0 Å². The third-order valence-electron chi connectivity index (χ3n) is 3.71. The molecule has 1 N–H and O–H groups in total. The number of rotatable bonds is 6. The molecule has 4 nitrogen and oxygen atoms in total. The van der Waals surface area contributed by atoms with Gasteiger partial charge in [-0.25, -0.2) is 0 Å². The highest BCUT2D eigenvalue weighted by atomic mass is 35.5. The van der Waals surface area contributed by atoms with Gasteiger partial charge >= 0.3 is 0 Å². The zero-order valence-corrected chi connectivity index (χ0v) is 14.0. The summed E-state index contributed by atoms with van der Waals surface area (Å²) in [6.45, 7) is 9.67. The fraction of sp³-hybridized carbons (Fsp3) is 0.923. The fourth-order valence-corrected chi connectivity index (χ4v) is 2.41. The number of halogens is 2. The molecule has 1 aliphatic rings. The zero-order valence-electron chi connectivity index (χ0n) is 12.4. The van der Waals surface area contributed by atoms with E-state index in [1.807, 2.05) is 11.9 Å². The molecular weight excluding hydrogens is 285 g/mol. The molecule has 1 saturated heterocycles. The minimum absolute atomic E-state index is 0. The number of carbonyl (C=O) groups is 1. The second-order valence-electron chi connectivity index (χ2n) is 4.84. The van der Waals surface area contributed by atoms with E-state index >= 15 is 0 Å². The van der Waals surface area contributed by atoms with Crippen molar-refractivity contribution in [3.05, 3.63) is 0 Å². The molecule has 1 heterocycles. The van der Waals surface area contributed by atoms with Crippen LogP contribution in [-0.2, 0) is 4.79 Å². The van der Waals surface area contributed by atoms with Crippen LogP contribution in [0.3, 0.4) is 0 Å². The van der Waals surface area contributed by atoms with Crippen LogP contribution in [-0.4, -0.2) is 62.0 Å². The number of hydrogen-bond donors (Lipinski definition) is 1. The summed E-state index contributed by atoms with van der Waals surface area (Å²) in [6.07, 6.45) is 2.29. The van der Waals surface area contributed by atoms with Crippen LogP contribution in [0.5, 0.6) is 0 Å². The van der Waals surface area contributed by atoms with Crippen molar-refractivity contribution in [1.29, 1.82) is 0 Å². The summed E-state index contributed by atoms with van der Waals surface area (Å²) in [6, 6.07) is 0. The number of hydrogen-bond acceptors (Lipinski definition) is 3. The standard InChI is InChI=1S/C13H27N3O.2ClH/c1-4-15(5-2)11-13(17)16-8-6-12(7-9-16)10-14-3;;/h12,14H,4-11H2,1-3H3;2*1H. The monoisotopic (exact) mass is 313 g/mol. The molecule has 19 heavy (non-hydrogen) atoms. The molecule has 0 atom stereocenters. The maximum atomic E-state index is 12.1.